The molecule has 0 aromatic heterocycles. The lowest BCUT2D eigenvalue weighted by Crippen LogP contribution is -2.43. The molecule has 142 valence electrons. The number of rotatable bonds is 4. The minimum absolute atomic E-state index is 0.226. The fourth-order valence-corrected chi connectivity index (χ4v) is 3.16. The van der Waals surface area contributed by atoms with E-state index in [1.54, 1.807) is 6.07 Å². The van der Waals surface area contributed by atoms with Gasteiger partial charge in [0, 0.05) is 13.1 Å². The van der Waals surface area contributed by atoms with Crippen LogP contribution in [0.5, 0.6) is 5.75 Å². The lowest BCUT2D eigenvalue weighted by atomic mass is 9.95. The summed E-state index contributed by atoms with van der Waals surface area (Å²) in [6.45, 7) is 11.7. The van der Waals surface area contributed by atoms with Crippen LogP contribution < -0.4 is 4.74 Å². The molecule has 1 aliphatic rings. The summed E-state index contributed by atoms with van der Waals surface area (Å²) < 4.78 is 11.4. The number of ether oxygens (including phenoxy) is 2. The van der Waals surface area contributed by atoms with E-state index in [9.17, 15) is 10.1 Å². The first kappa shape index (κ1) is 20.1. The average Bonchev–Trinajstić information content (AvgIpc) is 2.56. The first-order valence-corrected chi connectivity index (χ1v) is 9.31. The van der Waals surface area contributed by atoms with Gasteiger partial charge in [-0.05, 0) is 83.1 Å². The Bertz CT molecular complexity index is 686. The van der Waals surface area contributed by atoms with Crippen molar-refractivity contribution in [1.29, 1.82) is 5.26 Å². The van der Waals surface area contributed by atoms with Crippen molar-refractivity contribution in [2.45, 2.75) is 59.5 Å². The molecule has 1 aromatic rings. The third-order valence-corrected chi connectivity index (χ3v) is 4.73. The van der Waals surface area contributed by atoms with Crippen molar-refractivity contribution in [3.05, 3.63) is 28.8 Å². The maximum Gasteiger partial charge on any atom is 0.410 e. The first-order chi connectivity index (χ1) is 12.2. The van der Waals surface area contributed by atoms with Crippen LogP contribution in [0.3, 0.4) is 0 Å². The zero-order chi connectivity index (χ0) is 19.3. The molecule has 1 amide bonds. The molecule has 1 aliphatic heterocycles. The Morgan fingerprint density at radius 1 is 1.35 bits per heavy atom. The van der Waals surface area contributed by atoms with E-state index in [-0.39, 0.29) is 6.09 Å². The van der Waals surface area contributed by atoms with Crippen LogP contribution in [-0.4, -0.2) is 36.3 Å². The molecule has 2 rings (SSSR count). The maximum absolute atomic E-state index is 12.2. The Morgan fingerprint density at radius 3 is 2.73 bits per heavy atom. The lowest BCUT2D eigenvalue weighted by molar-refractivity contribution is 0.0154. The second-order valence-corrected chi connectivity index (χ2v) is 8.10. The summed E-state index contributed by atoms with van der Waals surface area (Å²) in [4.78, 5) is 14.0. The molecule has 5 nitrogen and oxygen atoms in total. The van der Waals surface area contributed by atoms with E-state index in [4.69, 9.17) is 9.47 Å². The van der Waals surface area contributed by atoms with E-state index >= 15 is 0 Å². The van der Waals surface area contributed by atoms with Crippen molar-refractivity contribution in [2.24, 2.45) is 5.92 Å². The number of piperidine rings is 1. The molecule has 1 fully saturated rings. The maximum atomic E-state index is 12.2. The van der Waals surface area contributed by atoms with Gasteiger partial charge in [-0.15, -0.1) is 0 Å². The number of hydrogen-bond acceptors (Lipinski definition) is 4. The van der Waals surface area contributed by atoms with Gasteiger partial charge in [-0.3, -0.25) is 0 Å². The Hall–Kier alpha value is -2.22. The zero-order valence-corrected chi connectivity index (χ0v) is 16.6. The van der Waals surface area contributed by atoms with Crippen molar-refractivity contribution in [2.75, 3.05) is 19.7 Å². The summed E-state index contributed by atoms with van der Waals surface area (Å²) >= 11 is 0. The van der Waals surface area contributed by atoms with Gasteiger partial charge in [0.05, 0.1) is 18.2 Å². The second-order valence-electron chi connectivity index (χ2n) is 8.10. The fourth-order valence-electron chi connectivity index (χ4n) is 3.16. The number of amides is 1. The summed E-state index contributed by atoms with van der Waals surface area (Å²) in [6, 6.07) is 5.99. The average molecular weight is 358 g/mol. The Labute approximate surface area is 156 Å². The van der Waals surface area contributed by atoms with E-state index in [0.29, 0.717) is 24.6 Å². The van der Waals surface area contributed by atoms with Crippen molar-refractivity contribution in [1.82, 2.24) is 4.90 Å². The van der Waals surface area contributed by atoms with Crippen LogP contribution in [0.2, 0.25) is 0 Å². The van der Waals surface area contributed by atoms with E-state index < -0.39 is 5.60 Å². The van der Waals surface area contributed by atoms with Gasteiger partial charge in [-0.25, -0.2) is 4.79 Å². The highest BCUT2D eigenvalue weighted by molar-refractivity contribution is 5.68. The number of aryl methyl sites for hydroxylation is 1. The second kappa shape index (κ2) is 8.44. The predicted octanol–water partition coefficient (Wildman–Crippen LogP) is 4.59. The topological polar surface area (TPSA) is 62.6 Å². The van der Waals surface area contributed by atoms with Gasteiger partial charge in [-0.2, -0.15) is 5.26 Å². The predicted molar refractivity (Wildman–Crippen MR) is 101 cm³/mol. The fraction of sp³-hybridized carbons (Fsp3) is 0.619. The van der Waals surface area contributed by atoms with Gasteiger partial charge in [-0.1, -0.05) is 0 Å². The Morgan fingerprint density at radius 2 is 2.08 bits per heavy atom. The van der Waals surface area contributed by atoms with Crippen molar-refractivity contribution < 1.29 is 14.3 Å². The van der Waals surface area contributed by atoms with Crippen molar-refractivity contribution >= 4 is 6.09 Å². The van der Waals surface area contributed by atoms with Crippen LogP contribution in [0, 0.1) is 31.1 Å². The lowest BCUT2D eigenvalue weighted by Gasteiger charge is -2.34. The molecule has 1 heterocycles. The number of carbonyl (C=O) groups is 1. The molecular formula is C21H30N2O3. The smallest absolute Gasteiger partial charge is 0.410 e. The number of benzene rings is 1. The first-order valence-electron chi connectivity index (χ1n) is 9.31. The third-order valence-electron chi connectivity index (χ3n) is 4.73. The quantitative estimate of drug-likeness (QED) is 0.789. The van der Waals surface area contributed by atoms with Crippen LogP contribution in [0.1, 0.15) is 56.7 Å². The molecule has 5 heteroatoms. The number of nitrogens with zero attached hydrogens (tertiary/aromatic N) is 2. The summed E-state index contributed by atoms with van der Waals surface area (Å²) in [6.07, 6.45) is 2.75. The van der Waals surface area contributed by atoms with Gasteiger partial charge in [0.2, 0.25) is 0 Å². The van der Waals surface area contributed by atoms with Gasteiger partial charge in [0.15, 0.2) is 0 Å². The van der Waals surface area contributed by atoms with Crippen molar-refractivity contribution in [3.8, 4) is 11.8 Å². The third kappa shape index (κ3) is 5.66. The number of nitriles is 1. The normalized spacial score (nSPS) is 17.5. The van der Waals surface area contributed by atoms with E-state index in [1.165, 1.54) is 0 Å². The molecule has 26 heavy (non-hydrogen) atoms. The Balaban J connectivity index is 1.85. The zero-order valence-electron chi connectivity index (χ0n) is 16.6. The highest BCUT2D eigenvalue weighted by Crippen LogP contribution is 2.24. The largest absolute Gasteiger partial charge is 0.494 e. The van der Waals surface area contributed by atoms with E-state index in [2.05, 4.69) is 6.07 Å². The highest BCUT2D eigenvalue weighted by Gasteiger charge is 2.27. The molecule has 0 aliphatic carbocycles. The molecule has 0 bridgehead atoms. The van der Waals surface area contributed by atoms with Crippen LogP contribution in [-0.2, 0) is 4.74 Å². The number of likely N-dealkylation sites (tertiary alicyclic amines) is 1. The van der Waals surface area contributed by atoms with Crippen LogP contribution in [0.15, 0.2) is 12.1 Å². The molecule has 0 spiro atoms. The molecule has 1 unspecified atom stereocenters. The minimum Gasteiger partial charge on any atom is -0.494 e. The van der Waals surface area contributed by atoms with Crippen LogP contribution in [0.25, 0.3) is 0 Å². The van der Waals surface area contributed by atoms with Gasteiger partial charge in [0.25, 0.3) is 0 Å². The summed E-state index contributed by atoms with van der Waals surface area (Å²) in [5.41, 5.74) is 2.26. The van der Waals surface area contributed by atoms with Gasteiger partial charge in [0.1, 0.15) is 11.4 Å². The van der Waals surface area contributed by atoms with Gasteiger partial charge < -0.3 is 14.4 Å². The SMILES string of the molecule is Cc1cc(OCCC2CCCN(C(=O)OC(C)(C)C)C2)cc(C#N)c1C. The van der Waals surface area contributed by atoms with Crippen LogP contribution >= 0.6 is 0 Å². The van der Waals surface area contributed by atoms with Gasteiger partial charge >= 0.3 is 6.09 Å². The molecule has 1 atom stereocenters. The molecule has 1 saturated heterocycles. The number of hydrogen-bond donors (Lipinski definition) is 0. The van der Waals surface area contributed by atoms with E-state index in [0.717, 1.165) is 42.7 Å². The molecule has 0 saturated carbocycles. The molecule has 0 N–H and O–H groups in total. The number of carbonyl (C=O) groups excluding carboxylic acids is 1. The summed E-state index contributed by atoms with van der Waals surface area (Å²) in [5.74, 6) is 1.16. The molecular weight excluding hydrogens is 328 g/mol. The highest BCUT2D eigenvalue weighted by atomic mass is 16.6. The monoisotopic (exact) mass is 358 g/mol. The summed E-state index contributed by atoms with van der Waals surface area (Å²) in [7, 11) is 0. The Kier molecular flexibility index (Phi) is 6.52. The van der Waals surface area contributed by atoms with E-state index in [1.807, 2.05) is 45.6 Å². The summed E-state index contributed by atoms with van der Waals surface area (Å²) in [5, 5.41) is 9.20. The molecule has 1 aromatic carbocycles. The van der Waals surface area contributed by atoms with Crippen LogP contribution in [0.4, 0.5) is 4.79 Å². The molecule has 0 radical (unpaired) electrons. The van der Waals surface area contributed by atoms with Crippen molar-refractivity contribution in [3.63, 3.8) is 0 Å². The minimum atomic E-state index is -0.463. The standard InChI is InChI=1S/C21H30N2O3/c1-15-11-19(12-18(13-22)16(15)2)25-10-8-17-7-6-9-23(14-17)20(24)26-21(3,4)5/h11-12,17H,6-10,14H2,1-5H3.